The van der Waals surface area contributed by atoms with Gasteiger partial charge in [0.1, 0.15) is 0 Å². The zero-order valence-electron chi connectivity index (χ0n) is 16.2. The van der Waals surface area contributed by atoms with Crippen LogP contribution in [0.25, 0.3) is 0 Å². The average Bonchev–Trinajstić information content (AvgIpc) is 2.72. The number of nitrogens with one attached hydrogen (secondary N) is 1. The third-order valence-corrected chi connectivity index (χ3v) is 5.71. The second-order valence-electron chi connectivity index (χ2n) is 7.52. The Balaban J connectivity index is 1.78. The number of hydrogen-bond donors (Lipinski definition) is 2. The van der Waals surface area contributed by atoms with Crippen LogP contribution in [0.3, 0.4) is 0 Å². The van der Waals surface area contributed by atoms with Crippen LogP contribution in [-0.2, 0) is 11.2 Å². The predicted octanol–water partition coefficient (Wildman–Crippen LogP) is 4.85. The Labute approximate surface area is 162 Å². The third kappa shape index (κ3) is 4.60. The van der Waals surface area contributed by atoms with E-state index in [1.54, 1.807) is 0 Å². The fraction of sp³-hybridized carbons (Fsp3) is 0.375. The molecule has 0 saturated heterocycles. The molecule has 27 heavy (non-hydrogen) atoms. The number of nitrogens with two attached hydrogens (primary N) is 1. The Morgan fingerprint density at radius 2 is 1.78 bits per heavy atom. The van der Waals surface area contributed by atoms with Crippen molar-refractivity contribution in [1.29, 1.82) is 0 Å². The summed E-state index contributed by atoms with van der Waals surface area (Å²) in [7, 11) is 0. The molecule has 2 aromatic rings. The quantitative estimate of drug-likeness (QED) is 0.771. The van der Waals surface area contributed by atoms with Gasteiger partial charge in [-0.1, -0.05) is 80.9 Å². The van der Waals surface area contributed by atoms with E-state index in [4.69, 9.17) is 5.73 Å². The minimum Gasteiger partial charge on any atom is -0.401 e. The first-order valence-electron chi connectivity index (χ1n) is 9.98. The zero-order chi connectivity index (χ0) is 19.2. The Bertz CT molecular complexity index is 767. The lowest BCUT2D eigenvalue weighted by Gasteiger charge is -2.32. The molecule has 3 heteroatoms. The fourth-order valence-corrected chi connectivity index (χ4v) is 4.13. The molecule has 3 atom stereocenters. The van der Waals surface area contributed by atoms with E-state index in [1.165, 1.54) is 17.5 Å². The molecule has 3 N–H and O–H groups in total. The second kappa shape index (κ2) is 8.90. The molecule has 0 bridgehead atoms. The van der Waals surface area contributed by atoms with Crippen LogP contribution in [0.2, 0.25) is 0 Å². The largest absolute Gasteiger partial charge is 0.401 e. The molecule has 1 aliphatic carbocycles. The highest BCUT2D eigenvalue weighted by Gasteiger charge is 2.33. The summed E-state index contributed by atoms with van der Waals surface area (Å²) in [5.74, 6) is 0.337. The van der Waals surface area contributed by atoms with Gasteiger partial charge in [-0.3, -0.25) is 4.79 Å². The molecular weight excluding hydrogens is 332 g/mol. The Morgan fingerprint density at radius 3 is 2.41 bits per heavy atom. The summed E-state index contributed by atoms with van der Waals surface area (Å²) in [4.78, 5) is 13.2. The number of carbonyl (C=O) groups excluding carboxylic acids is 1. The van der Waals surface area contributed by atoms with Gasteiger partial charge in [-0.2, -0.15) is 0 Å². The van der Waals surface area contributed by atoms with E-state index in [0.717, 1.165) is 31.2 Å². The maximum atomic E-state index is 13.2. The lowest BCUT2D eigenvalue weighted by molar-refractivity contribution is -0.127. The molecule has 0 aliphatic heterocycles. The Morgan fingerprint density at radius 1 is 1.11 bits per heavy atom. The van der Waals surface area contributed by atoms with Crippen molar-refractivity contribution in [2.75, 3.05) is 0 Å². The monoisotopic (exact) mass is 362 g/mol. The van der Waals surface area contributed by atoms with Crippen LogP contribution in [0, 0.1) is 5.92 Å². The normalized spacial score (nSPS) is 20.6. The van der Waals surface area contributed by atoms with Gasteiger partial charge in [-0.15, -0.1) is 0 Å². The van der Waals surface area contributed by atoms with Gasteiger partial charge in [0.25, 0.3) is 0 Å². The first-order valence-corrected chi connectivity index (χ1v) is 9.98. The number of benzene rings is 2. The molecule has 1 saturated carbocycles. The van der Waals surface area contributed by atoms with Crippen molar-refractivity contribution >= 4 is 5.91 Å². The van der Waals surface area contributed by atoms with Gasteiger partial charge >= 0.3 is 0 Å². The van der Waals surface area contributed by atoms with Crippen LogP contribution >= 0.6 is 0 Å². The molecule has 3 nitrogen and oxygen atoms in total. The van der Waals surface area contributed by atoms with Crippen LogP contribution in [0.5, 0.6) is 0 Å². The maximum Gasteiger partial charge on any atom is 0.224 e. The molecule has 1 fully saturated rings. The van der Waals surface area contributed by atoms with Gasteiger partial charge in [0.05, 0.1) is 6.04 Å². The fourth-order valence-electron chi connectivity index (χ4n) is 4.13. The van der Waals surface area contributed by atoms with Crippen molar-refractivity contribution in [3.05, 3.63) is 83.6 Å². The first-order chi connectivity index (χ1) is 13.1. The molecule has 3 rings (SSSR count). The number of carbonyl (C=O) groups is 1. The van der Waals surface area contributed by atoms with Crippen LogP contribution in [0.1, 0.15) is 61.3 Å². The van der Waals surface area contributed by atoms with Crippen LogP contribution in [-0.4, -0.2) is 5.91 Å². The van der Waals surface area contributed by atoms with E-state index in [1.807, 2.05) is 30.3 Å². The molecule has 142 valence electrons. The van der Waals surface area contributed by atoms with Crippen molar-refractivity contribution in [3.8, 4) is 0 Å². The van der Waals surface area contributed by atoms with E-state index >= 15 is 0 Å². The standard InChI is InChI=1S/C24H30N2O/c1-3-18-13-15-19(16-14-18)21-11-7-8-12-22(21)24(27)26-23(17(2)25)20-9-5-4-6-10-20/h4-6,9-10,13-16,21-23H,2-3,7-8,11-12,25H2,1H3,(H,26,27). The molecule has 1 amide bonds. The third-order valence-electron chi connectivity index (χ3n) is 5.71. The molecule has 0 radical (unpaired) electrons. The van der Waals surface area contributed by atoms with Gasteiger partial charge in [0.2, 0.25) is 5.91 Å². The topological polar surface area (TPSA) is 55.1 Å². The lowest BCUT2D eigenvalue weighted by Crippen LogP contribution is -2.39. The second-order valence-corrected chi connectivity index (χ2v) is 7.52. The SMILES string of the molecule is C=C(N)C(NC(=O)C1CCCCC1c1ccc(CC)cc1)c1ccccc1. The molecular formula is C24H30N2O. The summed E-state index contributed by atoms with van der Waals surface area (Å²) in [6.07, 6.45) is 5.29. The van der Waals surface area contributed by atoms with Crippen LogP contribution < -0.4 is 11.1 Å². The highest BCUT2D eigenvalue weighted by Crippen LogP contribution is 2.38. The first kappa shape index (κ1) is 19.2. The van der Waals surface area contributed by atoms with Crippen LogP contribution in [0.15, 0.2) is 66.9 Å². The summed E-state index contributed by atoms with van der Waals surface area (Å²) in [5.41, 5.74) is 10.1. The number of aryl methyl sites for hydroxylation is 1. The summed E-state index contributed by atoms with van der Waals surface area (Å²) in [5, 5.41) is 3.16. The molecule has 0 spiro atoms. The van der Waals surface area contributed by atoms with E-state index in [2.05, 4.69) is 43.1 Å². The number of amides is 1. The van der Waals surface area contributed by atoms with Gasteiger partial charge < -0.3 is 11.1 Å². The van der Waals surface area contributed by atoms with Gasteiger partial charge in [0, 0.05) is 11.6 Å². The van der Waals surface area contributed by atoms with Crippen molar-refractivity contribution < 1.29 is 4.79 Å². The van der Waals surface area contributed by atoms with Gasteiger partial charge in [-0.05, 0) is 41.9 Å². The molecule has 1 aliphatic rings. The molecule has 0 heterocycles. The van der Waals surface area contributed by atoms with Crippen molar-refractivity contribution in [2.24, 2.45) is 11.7 Å². The highest BCUT2D eigenvalue weighted by molar-refractivity contribution is 5.80. The minimum absolute atomic E-state index is 0.0169. The molecule has 0 aromatic heterocycles. The van der Waals surface area contributed by atoms with E-state index < -0.39 is 0 Å². The summed E-state index contributed by atoms with van der Waals surface area (Å²) in [6, 6.07) is 18.3. The maximum absolute atomic E-state index is 13.2. The summed E-state index contributed by atoms with van der Waals surface area (Å²) >= 11 is 0. The summed E-state index contributed by atoms with van der Waals surface area (Å²) < 4.78 is 0. The number of hydrogen-bond acceptors (Lipinski definition) is 2. The van der Waals surface area contributed by atoms with Crippen LogP contribution in [0.4, 0.5) is 0 Å². The van der Waals surface area contributed by atoms with E-state index in [0.29, 0.717) is 5.70 Å². The van der Waals surface area contributed by atoms with Crippen molar-refractivity contribution in [1.82, 2.24) is 5.32 Å². The number of rotatable bonds is 6. The smallest absolute Gasteiger partial charge is 0.224 e. The van der Waals surface area contributed by atoms with E-state index in [9.17, 15) is 4.79 Å². The van der Waals surface area contributed by atoms with Gasteiger partial charge in [0.15, 0.2) is 0 Å². The zero-order valence-corrected chi connectivity index (χ0v) is 16.2. The predicted molar refractivity (Wildman–Crippen MR) is 111 cm³/mol. The summed E-state index contributed by atoms with van der Waals surface area (Å²) in [6.45, 7) is 6.05. The Hall–Kier alpha value is -2.55. The molecule has 3 unspecified atom stereocenters. The van der Waals surface area contributed by atoms with Crippen molar-refractivity contribution in [2.45, 2.75) is 51.0 Å². The van der Waals surface area contributed by atoms with E-state index in [-0.39, 0.29) is 23.8 Å². The molecule has 2 aromatic carbocycles. The average molecular weight is 363 g/mol. The minimum atomic E-state index is -0.344. The van der Waals surface area contributed by atoms with Crippen molar-refractivity contribution in [3.63, 3.8) is 0 Å². The lowest BCUT2D eigenvalue weighted by atomic mass is 9.74. The Kier molecular flexibility index (Phi) is 6.33. The highest BCUT2D eigenvalue weighted by atomic mass is 16.2. The van der Waals surface area contributed by atoms with Gasteiger partial charge in [-0.25, -0.2) is 0 Å².